The summed E-state index contributed by atoms with van der Waals surface area (Å²) in [6.07, 6.45) is 6.17. The van der Waals surface area contributed by atoms with Crippen molar-refractivity contribution in [3.63, 3.8) is 0 Å². The molecule has 1 heterocycles. The van der Waals surface area contributed by atoms with Crippen LogP contribution in [0.5, 0.6) is 0 Å². The Morgan fingerprint density at radius 3 is 2.26 bits per heavy atom. The van der Waals surface area contributed by atoms with Gasteiger partial charge in [-0.25, -0.2) is 13.2 Å². The Bertz CT molecular complexity index is 1090. The zero-order chi connectivity index (χ0) is 19.2. The second-order valence-corrected chi connectivity index (χ2v) is 9.40. The lowest BCUT2D eigenvalue weighted by Crippen LogP contribution is -2.47. The summed E-state index contributed by atoms with van der Waals surface area (Å²) >= 11 is 0. The Morgan fingerprint density at radius 2 is 1.59 bits per heavy atom. The van der Waals surface area contributed by atoms with Crippen LogP contribution in [0.15, 0.2) is 38.8 Å². The highest BCUT2D eigenvalue weighted by atomic mass is 32.2. The van der Waals surface area contributed by atoms with Crippen LogP contribution in [0.1, 0.15) is 61.4 Å². The summed E-state index contributed by atoms with van der Waals surface area (Å²) in [4.78, 5) is 26.4. The summed E-state index contributed by atoms with van der Waals surface area (Å²) in [5.41, 5.74) is 0.829. The first kappa shape index (κ1) is 18.2. The molecule has 7 heteroatoms. The van der Waals surface area contributed by atoms with Crippen LogP contribution in [0.2, 0.25) is 0 Å². The van der Waals surface area contributed by atoms with Crippen LogP contribution in [-0.4, -0.2) is 17.0 Å². The van der Waals surface area contributed by atoms with Crippen molar-refractivity contribution in [1.82, 2.24) is 8.54 Å². The fourth-order valence-corrected chi connectivity index (χ4v) is 5.83. The van der Waals surface area contributed by atoms with E-state index in [4.69, 9.17) is 0 Å². The smallest absolute Gasteiger partial charge is 0.269 e. The van der Waals surface area contributed by atoms with Gasteiger partial charge in [-0.05, 0) is 51.2 Å². The molecule has 0 bridgehead atoms. The van der Waals surface area contributed by atoms with Crippen molar-refractivity contribution < 1.29 is 8.42 Å². The summed E-state index contributed by atoms with van der Waals surface area (Å²) in [6.45, 7) is 1.88. The quantitative estimate of drug-likeness (QED) is 0.810. The zero-order valence-electron chi connectivity index (χ0n) is 15.5. The maximum Gasteiger partial charge on any atom is 0.345 e. The number of fused-ring (bicyclic) bond motifs is 1. The molecule has 27 heavy (non-hydrogen) atoms. The van der Waals surface area contributed by atoms with Crippen LogP contribution < -0.4 is 11.2 Å². The molecule has 0 amide bonds. The standard InChI is InChI=1S/C20H24N2O4S/c1-14-10-12-16(13-11-14)27(25,26)22-18-9-5-8-17(18)19(23)21(20(22)24)15-6-3-2-4-7-15/h10-13,15H,2-9H2,1H3. The third kappa shape index (κ3) is 2.98. The van der Waals surface area contributed by atoms with E-state index in [2.05, 4.69) is 0 Å². The Labute approximate surface area is 158 Å². The second-order valence-electron chi connectivity index (χ2n) is 7.61. The van der Waals surface area contributed by atoms with Crippen LogP contribution in [0.4, 0.5) is 0 Å². The predicted molar refractivity (Wildman–Crippen MR) is 103 cm³/mol. The Kier molecular flexibility index (Phi) is 4.58. The number of hydrogen-bond donors (Lipinski definition) is 0. The van der Waals surface area contributed by atoms with E-state index in [0.29, 0.717) is 30.5 Å². The van der Waals surface area contributed by atoms with E-state index in [1.807, 2.05) is 6.92 Å². The molecular weight excluding hydrogens is 364 g/mol. The molecule has 2 aliphatic carbocycles. The number of nitrogens with zero attached hydrogens (tertiary/aromatic N) is 2. The van der Waals surface area contributed by atoms with Gasteiger partial charge < -0.3 is 0 Å². The number of aryl methyl sites for hydroxylation is 1. The van der Waals surface area contributed by atoms with Crippen LogP contribution in [0.25, 0.3) is 0 Å². The molecule has 0 atom stereocenters. The average Bonchev–Trinajstić information content (AvgIpc) is 3.12. The molecule has 1 aromatic heterocycles. The third-order valence-corrected chi connectivity index (χ3v) is 7.51. The molecule has 1 fully saturated rings. The van der Waals surface area contributed by atoms with E-state index in [9.17, 15) is 18.0 Å². The molecule has 0 N–H and O–H groups in total. The molecule has 2 aromatic rings. The van der Waals surface area contributed by atoms with Crippen LogP contribution in [-0.2, 0) is 22.9 Å². The highest BCUT2D eigenvalue weighted by molar-refractivity contribution is 7.90. The molecule has 2 aliphatic rings. The average molecular weight is 388 g/mol. The van der Waals surface area contributed by atoms with Gasteiger partial charge in [0.15, 0.2) is 0 Å². The molecule has 0 spiro atoms. The van der Waals surface area contributed by atoms with E-state index >= 15 is 0 Å². The topological polar surface area (TPSA) is 78.1 Å². The minimum atomic E-state index is -4.05. The van der Waals surface area contributed by atoms with Gasteiger partial charge in [0, 0.05) is 17.3 Å². The zero-order valence-corrected chi connectivity index (χ0v) is 16.3. The molecule has 0 aliphatic heterocycles. The minimum absolute atomic E-state index is 0.0816. The third-order valence-electron chi connectivity index (χ3n) is 5.79. The van der Waals surface area contributed by atoms with E-state index in [0.717, 1.165) is 41.6 Å². The van der Waals surface area contributed by atoms with Crippen molar-refractivity contribution in [2.45, 2.75) is 69.2 Å². The van der Waals surface area contributed by atoms with Crippen molar-refractivity contribution in [3.8, 4) is 0 Å². The highest BCUT2D eigenvalue weighted by Crippen LogP contribution is 2.28. The van der Waals surface area contributed by atoms with E-state index < -0.39 is 15.7 Å². The summed E-state index contributed by atoms with van der Waals surface area (Å²) < 4.78 is 28.8. The van der Waals surface area contributed by atoms with Crippen molar-refractivity contribution in [3.05, 3.63) is 61.9 Å². The molecule has 1 saturated carbocycles. The van der Waals surface area contributed by atoms with Gasteiger partial charge in [-0.3, -0.25) is 9.36 Å². The molecule has 144 valence electrons. The van der Waals surface area contributed by atoms with Gasteiger partial charge in [-0.15, -0.1) is 0 Å². The SMILES string of the molecule is Cc1ccc(S(=O)(=O)n2c3c(c(=O)n(C4CCCCC4)c2=O)CCC3)cc1. The molecule has 0 radical (unpaired) electrons. The summed E-state index contributed by atoms with van der Waals surface area (Å²) in [5, 5.41) is 0. The Hall–Kier alpha value is -2.15. The van der Waals surface area contributed by atoms with Crippen molar-refractivity contribution in [2.24, 2.45) is 0 Å². The van der Waals surface area contributed by atoms with Gasteiger partial charge in [0.1, 0.15) is 0 Å². The van der Waals surface area contributed by atoms with Gasteiger partial charge >= 0.3 is 5.69 Å². The Morgan fingerprint density at radius 1 is 0.926 bits per heavy atom. The van der Waals surface area contributed by atoms with Gasteiger partial charge in [-0.1, -0.05) is 37.0 Å². The van der Waals surface area contributed by atoms with Crippen molar-refractivity contribution in [2.75, 3.05) is 0 Å². The van der Waals surface area contributed by atoms with Crippen molar-refractivity contribution >= 4 is 10.0 Å². The summed E-state index contributed by atoms with van der Waals surface area (Å²) in [7, 11) is -4.05. The number of hydrogen-bond acceptors (Lipinski definition) is 4. The molecule has 0 saturated heterocycles. The molecular formula is C20H24N2O4S. The molecule has 0 unspecified atom stereocenters. The maximum atomic E-state index is 13.3. The maximum absolute atomic E-state index is 13.3. The lowest BCUT2D eigenvalue weighted by atomic mass is 9.95. The largest absolute Gasteiger partial charge is 0.345 e. The first-order valence-corrected chi connectivity index (χ1v) is 11.1. The van der Waals surface area contributed by atoms with Crippen LogP contribution in [0.3, 0.4) is 0 Å². The summed E-state index contributed by atoms with van der Waals surface area (Å²) in [6, 6.07) is 6.28. The number of benzene rings is 1. The second kappa shape index (κ2) is 6.78. The predicted octanol–water partition coefficient (Wildman–Crippen LogP) is 2.55. The molecule has 1 aromatic carbocycles. The lowest BCUT2D eigenvalue weighted by molar-refractivity contribution is 0.333. The highest BCUT2D eigenvalue weighted by Gasteiger charge is 2.32. The first-order valence-electron chi connectivity index (χ1n) is 9.63. The fraction of sp³-hybridized carbons (Fsp3) is 0.500. The van der Waals surface area contributed by atoms with E-state index in [1.54, 1.807) is 12.1 Å². The minimum Gasteiger partial charge on any atom is -0.269 e. The van der Waals surface area contributed by atoms with Gasteiger partial charge in [-0.2, -0.15) is 3.97 Å². The van der Waals surface area contributed by atoms with Gasteiger partial charge in [0.05, 0.1) is 4.90 Å². The van der Waals surface area contributed by atoms with Gasteiger partial charge in [0.25, 0.3) is 15.6 Å². The Balaban J connectivity index is 1.98. The number of aromatic nitrogens is 2. The first-order chi connectivity index (χ1) is 12.9. The lowest BCUT2D eigenvalue weighted by Gasteiger charge is -2.25. The van der Waals surface area contributed by atoms with E-state index in [1.165, 1.54) is 16.7 Å². The molecule has 6 nitrogen and oxygen atoms in total. The molecule has 4 rings (SSSR count). The van der Waals surface area contributed by atoms with Crippen LogP contribution >= 0.6 is 0 Å². The summed E-state index contributed by atoms with van der Waals surface area (Å²) in [5.74, 6) is 0. The number of rotatable bonds is 3. The fourth-order valence-electron chi connectivity index (χ4n) is 4.35. The monoisotopic (exact) mass is 388 g/mol. The normalized spacial score (nSPS) is 17.8. The van der Waals surface area contributed by atoms with E-state index in [-0.39, 0.29) is 16.5 Å². The van der Waals surface area contributed by atoms with Gasteiger partial charge in [0.2, 0.25) is 0 Å². The van der Waals surface area contributed by atoms with Crippen LogP contribution in [0, 0.1) is 6.92 Å². The van der Waals surface area contributed by atoms with Crippen molar-refractivity contribution in [1.29, 1.82) is 0 Å².